The maximum absolute atomic E-state index is 12.6. The Morgan fingerprint density at radius 2 is 1.74 bits per heavy atom. The second-order valence-electron chi connectivity index (χ2n) is 15.7. The van der Waals surface area contributed by atoms with Crippen molar-refractivity contribution >= 4 is 20.1 Å². The van der Waals surface area contributed by atoms with E-state index in [-0.39, 0.29) is 16.4 Å². The predicted molar refractivity (Wildman–Crippen MR) is 162 cm³/mol. The van der Waals surface area contributed by atoms with Crippen LogP contribution in [0.5, 0.6) is 0 Å². The van der Waals surface area contributed by atoms with E-state index in [4.69, 9.17) is 9.16 Å². The van der Waals surface area contributed by atoms with Gasteiger partial charge in [-0.2, -0.15) is 0 Å². The molecule has 8 atom stereocenters. The first-order valence-electron chi connectivity index (χ1n) is 16.1. The lowest BCUT2D eigenvalue weighted by Gasteiger charge is -2.62. The molecule has 4 aliphatic carbocycles. The minimum atomic E-state index is -1.83. The number of ether oxygens (including phenoxy) is 1. The van der Waals surface area contributed by atoms with Crippen molar-refractivity contribution in [2.24, 2.45) is 40.4 Å². The molecule has 0 bridgehead atoms. The third-order valence-corrected chi connectivity index (χ3v) is 17.1. The van der Waals surface area contributed by atoms with Crippen molar-refractivity contribution in [3.05, 3.63) is 12.2 Å². The van der Waals surface area contributed by atoms with Gasteiger partial charge in [-0.15, -0.1) is 0 Å². The second kappa shape index (κ2) is 11.7. The smallest absolute Gasteiger partial charge is 0.305 e. The van der Waals surface area contributed by atoms with Gasteiger partial charge in [0.05, 0.1) is 13.2 Å². The first kappa shape index (κ1) is 31.0. The lowest BCUT2D eigenvalue weighted by atomic mass is 9.42. The Kier molecular flexibility index (Phi) is 9.33. The number of Topliss-reactive ketones (excluding diaryl/α,β-unsaturated/α-hetero) is 1. The van der Waals surface area contributed by atoms with Crippen molar-refractivity contribution in [2.45, 2.75) is 142 Å². The molecular weight excluding hydrogens is 500 g/mol. The van der Waals surface area contributed by atoms with Gasteiger partial charge < -0.3 is 9.16 Å². The van der Waals surface area contributed by atoms with E-state index in [0.717, 1.165) is 62.7 Å². The summed E-state index contributed by atoms with van der Waals surface area (Å²) in [4.78, 5) is 24.0. The summed E-state index contributed by atoms with van der Waals surface area (Å²) in [7, 11) is -0.364. The Balaban J connectivity index is 1.51. The molecule has 0 aromatic heterocycles. The van der Waals surface area contributed by atoms with Gasteiger partial charge in [0.1, 0.15) is 5.78 Å². The topological polar surface area (TPSA) is 52.6 Å². The van der Waals surface area contributed by atoms with E-state index in [1.165, 1.54) is 39.2 Å². The first-order valence-corrected chi connectivity index (χ1v) is 19.0. The predicted octanol–water partition coefficient (Wildman–Crippen LogP) is 8.89. The van der Waals surface area contributed by atoms with Gasteiger partial charge in [0.25, 0.3) is 0 Å². The maximum Gasteiger partial charge on any atom is 0.305 e. The average Bonchev–Trinajstić information content (AvgIpc) is 3.18. The fourth-order valence-corrected chi connectivity index (χ4v) is 10.6. The summed E-state index contributed by atoms with van der Waals surface area (Å²) < 4.78 is 12.0. The molecule has 0 heterocycles. The lowest BCUT2D eigenvalue weighted by Crippen LogP contribution is -2.58. The third kappa shape index (κ3) is 6.15. The molecule has 0 aromatic carbocycles. The maximum atomic E-state index is 12.6. The van der Waals surface area contributed by atoms with Crippen LogP contribution < -0.4 is 0 Å². The molecule has 0 aliphatic heterocycles. The van der Waals surface area contributed by atoms with Crippen molar-refractivity contribution in [3.63, 3.8) is 0 Å². The number of ketones is 1. The molecule has 5 heteroatoms. The van der Waals surface area contributed by atoms with E-state index in [0.29, 0.717) is 35.6 Å². The van der Waals surface area contributed by atoms with Crippen molar-refractivity contribution in [1.82, 2.24) is 0 Å². The van der Waals surface area contributed by atoms with E-state index in [2.05, 4.69) is 59.9 Å². The average molecular weight is 559 g/mol. The Morgan fingerprint density at radius 1 is 1.03 bits per heavy atom. The van der Waals surface area contributed by atoms with Crippen molar-refractivity contribution in [1.29, 1.82) is 0 Å². The fraction of sp³-hybridized carbons (Fsp3) is 0.882. The van der Waals surface area contributed by atoms with Gasteiger partial charge in [-0.1, -0.05) is 46.8 Å². The standard InChI is InChI=1S/C34H58O4Si/c1-32(2,3)39(7,8)38-29-17-16-27-31-24(14-12-10-9-11-13-15-30(36)37-6)22-25-23-26(35)18-20-33(25,4)28(31)19-21-34(27,29)5/h10,12,24-25,27-29,31H,9,11,13-23H2,1-8H3/t24?,25?,27-,28+,29?,31-,33-,34-/m0/s1. The van der Waals surface area contributed by atoms with Gasteiger partial charge in [0.15, 0.2) is 8.32 Å². The van der Waals surface area contributed by atoms with Crippen LogP contribution in [0.15, 0.2) is 12.2 Å². The molecular formula is C34H58O4Si. The van der Waals surface area contributed by atoms with Crippen LogP contribution in [-0.2, 0) is 18.8 Å². The highest BCUT2D eigenvalue weighted by Gasteiger charge is 2.63. The molecule has 0 amide bonds. The number of hydrogen-bond donors (Lipinski definition) is 0. The molecule has 4 aliphatic rings. The molecule has 4 saturated carbocycles. The molecule has 3 unspecified atom stereocenters. The van der Waals surface area contributed by atoms with Crippen LogP contribution in [0.25, 0.3) is 0 Å². The Morgan fingerprint density at radius 3 is 2.44 bits per heavy atom. The second-order valence-corrected chi connectivity index (χ2v) is 20.5. The van der Waals surface area contributed by atoms with E-state index in [9.17, 15) is 9.59 Å². The summed E-state index contributed by atoms with van der Waals surface area (Å²) >= 11 is 0. The van der Waals surface area contributed by atoms with Crippen molar-refractivity contribution in [2.75, 3.05) is 7.11 Å². The number of carbonyl (C=O) groups is 2. The highest BCUT2D eigenvalue weighted by molar-refractivity contribution is 6.74. The quantitative estimate of drug-likeness (QED) is 0.123. The SMILES string of the molecule is COC(=O)CCCCC=CCC1CC2CC(=O)CC[C@]2(C)[C@@H]2CC[C@]3(C)C(O[Si](C)(C)C(C)(C)C)CC[C@H]3[C@H]12. The third-order valence-electron chi connectivity index (χ3n) is 12.7. The van der Waals surface area contributed by atoms with Crippen LogP contribution in [-0.4, -0.2) is 33.3 Å². The molecule has 0 spiro atoms. The minimum absolute atomic E-state index is 0.106. The molecule has 4 nitrogen and oxygen atoms in total. The number of unbranched alkanes of at least 4 members (excludes halogenated alkanes) is 2. The van der Waals surface area contributed by atoms with Gasteiger partial charge in [-0.3, -0.25) is 9.59 Å². The summed E-state index contributed by atoms with van der Waals surface area (Å²) in [5.41, 5.74) is 0.604. The van der Waals surface area contributed by atoms with Crippen LogP contribution in [0, 0.1) is 40.4 Å². The zero-order valence-corrected chi connectivity index (χ0v) is 27.4. The summed E-state index contributed by atoms with van der Waals surface area (Å²) in [6.07, 6.45) is 18.9. The van der Waals surface area contributed by atoms with Gasteiger partial charge in [0, 0.05) is 19.3 Å². The van der Waals surface area contributed by atoms with E-state index in [1.807, 2.05) is 0 Å². The molecule has 0 saturated heterocycles. The van der Waals surface area contributed by atoms with Crippen molar-refractivity contribution in [3.8, 4) is 0 Å². The first-order chi connectivity index (χ1) is 18.2. The molecule has 0 N–H and O–H groups in total. The zero-order valence-electron chi connectivity index (χ0n) is 26.4. The van der Waals surface area contributed by atoms with Crippen LogP contribution in [0.1, 0.15) is 118 Å². The monoisotopic (exact) mass is 558 g/mol. The Labute approximate surface area is 240 Å². The highest BCUT2D eigenvalue weighted by Crippen LogP contribution is 2.68. The zero-order chi connectivity index (χ0) is 28.6. The number of fused-ring (bicyclic) bond motifs is 5. The molecule has 39 heavy (non-hydrogen) atoms. The lowest BCUT2D eigenvalue weighted by molar-refractivity contribution is -0.154. The van der Waals surface area contributed by atoms with Gasteiger partial charge >= 0.3 is 5.97 Å². The summed E-state index contributed by atoms with van der Waals surface area (Å²) in [5.74, 6) is 3.85. The van der Waals surface area contributed by atoms with Gasteiger partial charge in [-0.25, -0.2) is 0 Å². The molecule has 4 rings (SSSR count). The molecule has 0 radical (unpaired) electrons. The Bertz CT molecular complexity index is 919. The number of esters is 1. The summed E-state index contributed by atoms with van der Waals surface area (Å²) in [5, 5.41) is 0.239. The molecule has 222 valence electrons. The minimum Gasteiger partial charge on any atom is -0.469 e. The van der Waals surface area contributed by atoms with Crippen LogP contribution in [0.4, 0.5) is 0 Å². The van der Waals surface area contributed by atoms with E-state index >= 15 is 0 Å². The van der Waals surface area contributed by atoms with Crippen LogP contribution in [0.2, 0.25) is 18.1 Å². The van der Waals surface area contributed by atoms with Gasteiger partial charge in [-0.05, 0) is 123 Å². The number of allylic oxidation sites excluding steroid dienone is 2. The molecule has 4 fully saturated rings. The van der Waals surface area contributed by atoms with E-state index in [1.54, 1.807) is 0 Å². The number of methoxy groups -OCH3 is 1. The summed E-state index contributed by atoms with van der Waals surface area (Å²) in [6.45, 7) is 17.1. The van der Waals surface area contributed by atoms with Crippen LogP contribution >= 0.6 is 0 Å². The molecule has 0 aromatic rings. The number of hydrogen-bond acceptors (Lipinski definition) is 4. The fourth-order valence-electron chi connectivity index (χ4n) is 9.16. The normalized spacial score (nSPS) is 38.8. The van der Waals surface area contributed by atoms with Crippen LogP contribution in [0.3, 0.4) is 0 Å². The highest BCUT2D eigenvalue weighted by atomic mass is 28.4. The Hall–Kier alpha value is -0.943. The van der Waals surface area contributed by atoms with Crippen molar-refractivity contribution < 1.29 is 18.8 Å². The number of carbonyl (C=O) groups excluding carboxylic acids is 2. The van der Waals surface area contributed by atoms with E-state index < -0.39 is 8.32 Å². The number of rotatable bonds is 9. The van der Waals surface area contributed by atoms with Gasteiger partial charge in [0.2, 0.25) is 0 Å². The summed E-state index contributed by atoms with van der Waals surface area (Å²) in [6, 6.07) is 0. The largest absolute Gasteiger partial charge is 0.469 e.